The summed E-state index contributed by atoms with van der Waals surface area (Å²) in [5, 5.41) is 4.17. The van der Waals surface area contributed by atoms with Gasteiger partial charge in [0.15, 0.2) is 0 Å². The standard InChI is InChI=1S/C23H18Cl2N2O2/c1-29-17-9-6-14(7-10-17)22-18-13-16(24)8-11-20(18)27-23(28)21(26-22)12-15-4-2-3-5-19(15)25/h2-11,13,21H,12H2,1H3,(H,27,28). The molecule has 1 heterocycles. The molecule has 3 aromatic rings. The third-order valence-electron chi connectivity index (χ3n) is 4.82. The molecule has 1 aliphatic rings. The second kappa shape index (κ2) is 8.27. The summed E-state index contributed by atoms with van der Waals surface area (Å²) in [5.41, 5.74) is 3.89. The zero-order chi connectivity index (χ0) is 20.4. The number of amides is 1. The molecule has 1 atom stereocenters. The monoisotopic (exact) mass is 424 g/mol. The summed E-state index contributed by atoms with van der Waals surface area (Å²) in [6.45, 7) is 0. The quantitative estimate of drug-likeness (QED) is 0.608. The van der Waals surface area contributed by atoms with Crippen LogP contribution in [0.15, 0.2) is 71.7 Å². The lowest BCUT2D eigenvalue weighted by Gasteiger charge is -2.12. The SMILES string of the molecule is COc1ccc(C2=NC(Cc3ccccc3Cl)C(=O)Nc3ccc(Cl)cc32)cc1. The number of fused-ring (bicyclic) bond motifs is 1. The molecule has 146 valence electrons. The molecule has 0 radical (unpaired) electrons. The third-order valence-corrected chi connectivity index (χ3v) is 5.42. The lowest BCUT2D eigenvalue weighted by molar-refractivity contribution is -0.117. The number of hydrogen-bond donors (Lipinski definition) is 1. The number of aliphatic imine (C=N–C) groups is 1. The van der Waals surface area contributed by atoms with Gasteiger partial charge in [-0.1, -0.05) is 41.4 Å². The van der Waals surface area contributed by atoms with Crippen molar-refractivity contribution in [1.82, 2.24) is 0 Å². The first kappa shape index (κ1) is 19.5. The Morgan fingerprint density at radius 2 is 1.79 bits per heavy atom. The fourth-order valence-electron chi connectivity index (χ4n) is 3.31. The Kier molecular flexibility index (Phi) is 5.56. The molecule has 0 spiro atoms. The van der Waals surface area contributed by atoms with Crippen molar-refractivity contribution in [2.75, 3.05) is 12.4 Å². The lowest BCUT2D eigenvalue weighted by Crippen LogP contribution is -2.27. The molecule has 4 nitrogen and oxygen atoms in total. The minimum atomic E-state index is -0.627. The minimum absolute atomic E-state index is 0.183. The number of halogens is 2. The number of carbonyl (C=O) groups excluding carboxylic acids is 1. The van der Waals surface area contributed by atoms with Crippen LogP contribution < -0.4 is 10.1 Å². The highest BCUT2D eigenvalue weighted by Crippen LogP contribution is 2.29. The van der Waals surface area contributed by atoms with Crippen molar-refractivity contribution in [1.29, 1.82) is 0 Å². The van der Waals surface area contributed by atoms with E-state index in [1.807, 2.05) is 54.6 Å². The van der Waals surface area contributed by atoms with Crippen LogP contribution in [0.4, 0.5) is 5.69 Å². The molecule has 0 aliphatic carbocycles. The van der Waals surface area contributed by atoms with E-state index in [-0.39, 0.29) is 5.91 Å². The maximum Gasteiger partial charge on any atom is 0.249 e. The van der Waals surface area contributed by atoms with Gasteiger partial charge >= 0.3 is 0 Å². The van der Waals surface area contributed by atoms with E-state index in [0.717, 1.165) is 22.4 Å². The molecule has 0 saturated carbocycles. The number of hydrogen-bond acceptors (Lipinski definition) is 3. The van der Waals surface area contributed by atoms with Crippen LogP contribution in [0.1, 0.15) is 16.7 Å². The van der Waals surface area contributed by atoms with Gasteiger partial charge in [0.05, 0.1) is 18.5 Å². The topological polar surface area (TPSA) is 50.7 Å². The van der Waals surface area contributed by atoms with Crippen LogP contribution in [0.3, 0.4) is 0 Å². The van der Waals surface area contributed by atoms with Crippen LogP contribution in [-0.4, -0.2) is 24.8 Å². The van der Waals surface area contributed by atoms with Crippen molar-refractivity contribution in [3.05, 3.63) is 93.5 Å². The van der Waals surface area contributed by atoms with Crippen molar-refractivity contribution >= 4 is 40.5 Å². The van der Waals surface area contributed by atoms with Crippen molar-refractivity contribution < 1.29 is 9.53 Å². The Labute approximate surface area is 179 Å². The molecular formula is C23H18Cl2N2O2. The number of carbonyl (C=O) groups is 1. The van der Waals surface area contributed by atoms with Crippen LogP contribution in [0.25, 0.3) is 0 Å². The number of rotatable bonds is 4. The average molecular weight is 425 g/mol. The van der Waals surface area contributed by atoms with Crippen LogP contribution in [0.2, 0.25) is 10.0 Å². The summed E-state index contributed by atoms with van der Waals surface area (Å²) >= 11 is 12.6. The largest absolute Gasteiger partial charge is 0.497 e. The van der Waals surface area contributed by atoms with Crippen molar-refractivity contribution in [3.8, 4) is 5.75 Å². The van der Waals surface area contributed by atoms with Gasteiger partial charge in [0.2, 0.25) is 5.91 Å². The molecule has 29 heavy (non-hydrogen) atoms. The first-order valence-corrected chi connectivity index (χ1v) is 9.87. The van der Waals surface area contributed by atoms with Crippen LogP contribution in [-0.2, 0) is 11.2 Å². The summed E-state index contributed by atoms with van der Waals surface area (Å²) in [7, 11) is 1.62. The molecular weight excluding hydrogens is 407 g/mol. The van der Waals surface area contributed by atoms with Gasteiger partial charge in [0.25, 0.3) is 0 Å². The van der Waals surface area contributed by atoms with Crippen LogP contribution in [0.5, 0.6) is 5.75 Å². The smallest absolute Gasteiger partial charge is 0.249 e. The van der Waals surface area contributed by atoms with Crippen molar-refractivity contribution in [2.45, 2.75) is 12.5 Å². The van der Waals surface area contributed by atoms with Gasteiger partial charge in [-0.3, -0.25) is 9.79 Å². The molecule has 6 heteroatoms. The van der Waals surface area contributed by atoms with Gasteiger partial charge in [0.1, 0.15) is 11.8 Å². The summed E-state index contributed by atoms with van der Waals surface area (Å²) in [6, 6.07) is 19.8. The Hall–Kier alpha value is -2.82. The minimum Gasteiger partial charge on any atom is -0.497 e. The van der Waals surface area contributed by atoms with Gasteiger partial charge in [-0.05, 0) is 54.1 Å². The number of anilines is 1. The van der Waals surface area contributed by atoms with Gasteiger partial charge in [-0.2, -0.15) is 0 Å². The second-order valence-electron chi connectivity index (χ2n) is 6.70. The van der Waals surface area contributed by atoms with E-state index in [2.05, 4.69) is 5.32 Å². The summed E-state index contributed by atoms with van der Waals surface area (Å²) in [6.07, 6.45) is 0.396. The second-order valence-corrected chi connectivity index (χ2v) is 7.54. The Morgan fingerprint density at radius 1 is 1.03 bits per heavy atom. The maximum absolute atomic E-state index is 12.9. The van der Waals surface area contributed by atoms with E-state index in [0.29, 0.717) is 27.9 Å². The van der Waals surface area contributed by atoms with E-state index in [4.69, 9.17) is 32.9 Å². The first-order chi connectivity index (χ1) is 14.0. The van der Waals surface area contributed by atoms with Crippen molar-refractivity contribution in [3.63, 3.8) is 0 Å². The van der Waals surface area contributed by atoms with E-state index >= 15 is 0 Å². The van der Waals surface area contributed by atoms with Crippen molar-refractivity contribution in [2.24, 2.45) is 4.99 Å². The Balaban J connectivity index is 1.82. The van der Waals surface area contributed by atoms with Gasteiger partial charge < -0.3 is 10.1 Å². The Bertz CT molecular complexity index is 1090. The predicted octanol–water partition coefficient (Wildman–Crippen LogP) is 5.40. The number of ether oxygens (including phenoxy) is 1. The van der Waals surface area contributed by atoms with E-state index in [1.54, 1.807) is 19.2 Å². The number of benzodiazepines with no additional fused rings is 1. The fraction of sp³-hybridized carbons (Fsp3) is 0.130. The summed E-state index contributed by atoms with van der Waals surface area (Å²) in [4.78, 5) is 17.8. The highest BCUT2D eigenvalue weighted by molar-refractivity contribution is 6.32. The number of nitrogens with zero attached hydrogens (tertiary/aromatic N) is 1. The normalized spacial score (nSPS) is 15.8. The third kappa shape index (κ3) is 4.14. The highest BCUT2D eigenvalue weighted by atomic mass is 35.5. The lowest BCUT2D eigenvalue weighted by atomic mass is 10.00. The number of benzene rings is 3. The average Bonchev–Trinajstić information content (AvgIpc) is 2.86. The molecule has 1 amide bonds. The fourth-order valence-corrected chi connectivity index (χ4v) is 3.70. The number of methoxy groups -OCH3 is 1. The maximum atomic E-state index is 12.9. The molecule has 0 saturated heterocycles. The van der Waals surface area contributed by atoms with Crippen LogP contribution >= 0.6 is 23.2 Å². The van der Waals surface area contributed by atoms with E-state index in [9.17, 15) is 4.79 Å². The van der Waals surface area contributed by atoms with Gasteiger partial charge in [0, 0.05) is 27.6 Å². The Morgan fingerprint density at radius 3 is 2.52 bits per heavy atom. The molecule has 4 rings (SSSR count). The summed E-state index contributed by atoms with van der Waals surface area (Å²) < 4.78 is 5.26. The molecule has 1 aliphatic heterocycles. The molecule has 1 N–H and O–H groups in total. The first-order valence-electron chi connectivity index (χ1n) is 9.11. The highest BCUT2D eigenvalue weighted by Gasteiger charge is 2.26. The predicted molar refractivity (Wildman–Crippen MR) is 118 cm³/mol. The van der Waals surface area contributed by atoms with Crippen LogP contribution in [0, 0.1) is 0 Å². The van der Waals surface area contributed by atoms with Gasteiger partial charge in [-0.15, -0.1) is 0 Å². The molecule has 1 unspecified atom stereocenters. The zero-order valence-electron chi connectivity index (χ0n) is 15.7. The number of nitrogens with one attached hydrogen (secondary N) is 1. The van der Waals surface area contributed by atoms with E-state index < -0.39 is 6.04 Å². The molecule has 0 bridgehead atoms. The molecule has 0 fully saturated rings. The zero-order valence-corrected chi connectivity index (χ0v) is 17.2. The molecule has 3 aromatic carbocycles. The molecule has 0 aromatic heterocycles. The summed E-state index contributed by atoms with van der Waals surface area (Å²) in [5.74, 6) is 0.563. The van der Waals surface area contributed by atoms with Gasteiger partial charge in [-0.25, -0.2) is 0 Å². The van der Waals surface area contributed by atoms with E-state index in [1.165, 1.54) is 0 Å².